The van der Waals surface area contributed by atoms with Crippen molar-refractivity contribution in [3.63, 3.8) is 0 Å². The van der Waals surface area contributed by atoms with Gasteiger partial charge in [0.15, 0.2) is 0 Å². The molecule has 0 aliphatic heterocycles. The summed E-state index contributed by atoms with van der Waals surface area (Å²) in [5.41, 5.74) is 3.90. The molecule has 0 heterocycles. The quantitative estimate of drug-likeness (QED) is 0.566. The third-order valence-corrected chi connectivity index (χ3v) is 4.51. The maximum absolute atomic E-state index is 11.2. The van der Waals surface area contributed by atoms with Crippen LogP contribution < -0.4 is 5.32 Å². The van der Waals surface area contributed by atoms with Crippen molar-refractivity contribution in [3.05, 3.63) is 64.7 Å². The molecule has 2 aromatic rings. The van der Waals surface area contributed by atoms with Crippen LogP contribution in [0, 0.1) is 6.92 Å². The van der Waals surface area contributed by atoms with E-state index in [0.717, 1.165) is 48.1 Å². The first-order valence-electron chi connectivity index (χ1n) is 8.86. The number of hydrogen-bond acceptors (Lipinski definition) is 3. The van der Waals surface area contributed by atoms with Gasteiger partial charge in [-0.15, -0.1) is 0 Å². The van der Waals surface area contributed by atoms with Crippen molar-refractivity contribution < 1.29 is 15.0 Å². The van der Waals surface area contributed by atoms with E-state index in [1.165, 1.54) is 0 Å². The number of hydrogen-bond donors (Lipinski definition) is 3. The first kappa shape index (κ1) is 19.0. The first-order chi connectivity index (χ1) is 12.0. The summed E-state index contributed by atoms with van der Waals surface area (Å²) < 4.78 is 0. The Labute approximate surface area is 149 Å². The summed E-state index contributed by atoms with van der Waals surface area (Å²) in [5, 5.41) is 22.8. The highest BCUT2D eigenvalue weighted by Gasteiger charge is 2.11. The zero-order valence-electron chi connectivity index (χ0n) is 15.0. The summed E-state index contributed by atoms with van der Waals surface area (Å²) in [7, 11) is 0. The lowest BCUT2D eigenvalue weighted by Gasteiger charge is -2.14. The van der Waals surface area contributed by atoms with Gasteiger partial charge in [-0.25, -0.2) is 4.79 Å². The number of carboxylic acid groups (broad SMARTS) is 1. The molecule has 0 spiro atoms. The van der Waals surface area contributed by atoms with Gasteiger partial charge in [-0.1, -0.05) is 50.5 Å². The van der Waals surface area contributed by atoms with E-state index in [9.17, 15) is 15.0 Å². The van der Waals surface area contributed by atoms with E-state index in [2.05, 4.69) is 12.2 Å². The molecule has 0 saturated heterocycles. The largest absolute Gasteiger partial charge is 0.478 e. The Hall–Kier alpha value is -2.33. The third kappa shape index (κ3) is 5.33. The number of carbonyl (C=O) groups is 1. The van der Waals surface area contributed by atoms with Crippen LogP contribution in [0.3, 0.4) is 0 Å². The number of unbranched alkanes of at least 4 members (excludes halogenated alkanes) is 2. The maximum atomic E-state index is 11.2. The SMILES string of the molecule is CCCCCC(O)c1cccc(NCc2cccc(C(=O)O)c2C)c1. The summed E-state index contributed by atoms with van der Waals surface area (Å²) in [4.78, 5) is 11.2. The average Bonchev–Trinajstić information content (AvgIpc) is 2.61. The van der Waals surface area contributed by atoms with Crippen LogP contribution in [0.2, 0.25) is 0 Å². The number of aromatic carboxylic acids is 1. The van der Waals surface area contributed by atoms with Gasteiger partial charge in [0.1, 0.15) is 0 Å². The summed E-state index contributed by atoms with van der Waals surface area (Å²) in [5.74, 6) is -0.906. The molecule has 2 aromatic carbocycles. The highest BCUT2D eigenvalue weighted by molar-refractivity contribution is 5.89. The monoisotopic (exact) mass is 341 g/mol. The van der Waals surface area contributed by atoms with Crippen LogP contribution in [0.25, 0.3) is 0 Å². The molecule has 1 unspecified atom stereocenters. The van der Waals surface area contributed by atoms with E-state index in [1.54, 1.807) is 12.1 Å². The number of benzene rings is 2. The van der Waals surface area contributed by atoms with Gasteiger partial charge in [0.2, 0.25) is 0 Å². The minimum Gasteiger partial charge on any atom is -0.478 e. The van der Waals surface area contributed by atoms with Crippen molar-refractivity contribution in [2.24, 2.45) is 0 Å². The molecular weight excluding hydrogens is 314 g/mol. The summed E-state index contributed by atoms with van der Waals surface area (Å²) in [6, 6.07) is 13.1. The molecule has 0 amide bonds. The molecule has 3 N–H and O–H groups in total. The van der Waals surface area contributed by atoms with Crippen LogP contribution in [-0.2, 0) is 6.54 Å². The fourth-order valence-corrected chi connectivity index (χ4v) is 2.91. The molecular formula is C21H27NO3. The van der Waals surface area contributed by atoms with Gasteiger partial charge in [-0.2, -0.15) is 0 Å². The molecule has 1 atom stereocenters. The summed E-state index contributed by atoms with van der Waals surface area (Å²) >= 11 is 0. The molecule has 0 radical (unpaired) electrons. The molecule has 0 aromatic heterocycles. The molecule has 4 nitrogen and oxygen atoms in total. The third-order valence-electron chi connectivity index (χ3n) is 4.51. The topological polar surface area (TPSA) is 69.6 Å². The molecule has 0 bridgehead atoms. The lowest BCUT2D eigenvalue weighted by atomic mass is 10.0. The summed E-state index contributed by atoms with van der Waals surface area (Å²) in [6.45, 7) is 4.52. The second-order valence-corrected chi connectivity index (χ2v) is 6.39. The lowest BCUT2D eigenvalue weighted by Crippen LogP contribution is -2.07. The minimum absolute atomic E-state index is 0.333. The standard InChI is InChI=1S/C21H27NO3/c1-3-4-5-12-20(23)16-8-6-10-18(13-16)22-14-17-9-7-11-19(15(17)2)21(24)25/h6-11,13,20,22-23H,3-5,12,14H2,1-2H3,(H,24,25). The van der Waals surface area contributed by atoms with Crippen molar-refractivity contribution >= 4 is 11.7 Å². The molecule has 0 aliphatic rings. The van der Waals surface area contributed by atoms with E-state index in [1.807, 2.05) is 37.3 Å². The fraction of sp³-hybridized carbons (Fsp3) is 0.381. The fourth-order valence-electron chi connectivity index (χ4n) is 2.91. The van der Waals surface area contributed by atoms with Gasteiger partial charge >= 0.3 is 5.97 Å². The van der Waals surface area contributed by atoms with Crippen LogP contribution in [0.5, 0.6) is 0 Å². The predicted molar refractivity (Wildman–Crippen MR) is 101 cm³/mol. The van der Waals surface area contributed by atoms with E-state index >= 15 is 0 Å². The Kier molecular flexibility index (Phi) is 7.02. The van der Waals surface area contributed by atoms with Crippen molar-refractivity contribution in [1.29, 1.82) is 0 Å². The molecule has 0 fully saturated rings. The van der Waals surface area contributed by atoms with Crippen LogP contribution in [0.1, 0.15) is 65.8 Å². The smallest absolute Gasteiger partial charge is 0.335 e. The average molecular weight is 341 g/mol. The first-order valence-corrected chi connectivity index (χ1v) is 8.86. The van der Waals surface area contributed by atoms with Crippen molar-refractivity contribution in [3.8, 4) is 0 Å². The van der Waals surface area contributed by atoms with Gasteiger partial charge in [0.25, 0.3) is 0 Å². The highest BCUT2D eigenvalue weighted by Crippen LogP contribution is 2.23. The van der Waals surface area contributed by atoms with E-state index in [4.69, 9.17) is 0 Å². The van der Waals surface area contributed by atoms with Crippen LogP contribution in [-0.4, -0.2) is 16.2 Å². The van der Waals surface area contributed by atoms with Gasteiger partial charge in [-0.3, -0.25) is 0 Å². The van der Waals surface area contributed by atoms with Crippen molar-refractivity contribution in [1.82, 2.24) is 0 Å². The molecule has 4 heteroatoms. The number of aliphatic hydroxyl groups excluding tert-OH is 1. The predicted octanol–water partition coefficient (Wildman–Crippen LogP) is 4.92. The van der Waals surface area contributed by atoms with Crippen molar-refractivity contribution in [2.75, 3.05) is 5.32 Å². The van der Waals surface area contributed by atoms with Gasteiger partial charge in [-0.05, 0) is 48.2 Å². The van der Waals surface area contributed by atoms with Gasteiger partial charge in [0.05, 0.1) is 11.7 Å². The lowest BCUT2D eigenvalue weighted by molar-refractivity contribution is 0.0696. The van der Waals surface area contributed by atoms with Crippen LogP contribution in [0.4, 0.5) is 5.69 Å². The minimum atomic E-state index is -0.906. The van der Waals surface area contributed by atoms with Crippen LogP contribution >= 0.6 is 0 Å². The van der Waals surface area contributed by atoms with Crippen molar-refractivity contribution in [2.45, 2.75) is 52.2 Å². The van der Waals surface area contributed by atoms with E-state index < -0.39 is 12.1 Å². The second-order valence-electron chi connectivity index (χ2n) is 6.39. The van der Waals surface area contributed by atoms with E-state index in [0.29, 0.717) is 12.1 Å². The molecule has 25 heavy (non-hydrogen) atoms. The molecule has 2 rings (SSSR count). The van der Waals surface area contributed by atoms with Gasteiger partial charge in [0, 0.05) is 12.2 Å². The Morgan fingerprint density at radius 1 is 1.16 bits per heavy atom. The normalized spacial score (nSPS) is 12.0. The van der Waals surface area contributed by atoms with Gasteiger partial charge < -0.3 is 15.5 Å². The number of anilines is 1. The number of aliphatic hydroxyl groups is 1. The molecule has 0 saturated carbocycles. The van der Waals surface area contributed by atoms with Crippen LogP contribution in [0.15, 0.2) is 42.5 Å². The Bertz CT molecular complexity index is 712. The Balaban J connectivity index is 2.03. The zero-order chi connectivity index (χ0) is 18.2. The highest BCUT2D eigenvalue weighted by atomic mass is 16.4. The molecule has 0 aliphatic carbocycles. The van der Waals surface area contributed by atoms with E-state index in [-0.39, 0.29) is 0 Å². The maximum Gasteiger partial charge on any atom is 0.335 e. The molecule has 134 valence electrons. The summed E-state index contributed by atoms with van der Waals surface area (Å²) in [6.07, 6.45) is 3.63. The number of nitrogens with one attached hydrogen (secondary N) is 1. The Morgan fingerprint density at radius 3 is 2.64 bits per heavy atom. The number of carboxylic acids is 1. The second kappa shape index (κ2) is 9.23. The zero-order valence-corrected chi connectivity index (χ0v) is 15.0. The Morgan fingerprint density at radius 2 is 1.92 bits per heavy atom. The number of rotatable bonds is 9.